The summed E-state index contributed by atoms with van der Waals surface area (Å²) in [5.41, 5.74) is 9.73. The van der Waals surface area contributed by atoms with Crippen molar-refractivity contribution < 1.29 is 0 Å². The first-order valence-electron chi connectivity index (χ1n) is 5.41. The smallest absolute Gasteiger partial charge is 0.180 e. The van der Waals surface area contributed by atoms with Crippen LogP contribution >= 0.6 is 0 Å². The number of aryl methyl sites for hydroxylation is 1. The summed E-state index contributed by atoms with van der Waals surface area (Å²) in [7, 11) is 0. The zero-order chi connectivity index (χ0) is 11.8. The van der Waals surface area contributed by atoms with Crippen molar-refractivity contribution in [3.05, 3.63) is 48.4 Å². The number of imidazole rings is 1. The second-order valence-corrected chi connectivity index (χ2v) is 3.98. The van der Waals surface area contributed by atoms with E-state index in [1.165, 1.54) is 5.56 Å². The van der Waals surface area contributed by atoms with Gasteiger partial charge in [0.25, 0.3) is 0 Å². The summed E-state index contributed by atoms with van der Waals surface area (Å²) in [5, 5.41) is 0. The van der Waals surface area contributed by atoms with E-state index in [2.05, 4.69) is 29.0 Å². The first kappa shape index (κ1) is 9.84. The molecule has 3 aromatic rings. The zero-order valence-corrected chi connectivity index (χ0v) is 9.46. The molecule has 0 saturated carbocycles. The van der Waals surface area contributed by atoms with Crippen molar-refractivity contribution in [1.29, 1.82) is 0 Å². The van der Waals surface area contributed by atoms with Gasteiger partial charge >= 0.3 is 0 Å². The highest BCUT2D eigenvalue weighted by Gasteiger charge is 2.08. The average molecular weight is 224 g/mol. The molecule has 4 nitrogen and oxygen atoms in total. The number of anilines is 1. The Morgan fingerprint density at radius 2 is 2.06 bits per heavy atom. The molecule has 2 aromatic heterocycles. The van der Waals surface area contributed by atoms with Gasteiger partial charge in [-0.25, -0.2) is 9.97 Å². The van der Waals surface area contributed by atoms with Gasteiger partial charge in [0.1, 0.15) is 0 Å². The van der Waals surface area contributed by atoms with E-state index in [9.17, 15) is 0 Å². The molecule has 3 rings (SSSR count). The summed E-state index contributed by atoms with van der Waals surface area (Å²) in [6, 6.07) is 8.15. The lowest BCUT2D eigenvalue weighted by Crippen LogP contribution is -1.94. The fourth-order valence-electron chi connectivity index (χ4n) is 1.93. The van der Waals surface area contributed by atoms with E-state index in [-0.39, 0.29) is 0 Å². The monoisotopic (exact) mass is 224 g/mol. The zero-order valence-electron chi connectivity index (χ0n) is 9.46. The average Bonchev–Trinajstić information content (AvgIpc) is 2.75. The third kappa shape index (κ3) is 1.54. The predicted octanol–water partition coefficient (Wildman–Crippen LogP) is 2.29. The van der Waals surface area contributed by atoms with Crippen LogP contribution in [0.15, 0.2) is 42.9 Å². The molecule has 0 radical (unpaired) electrons. The maximum atomic E-state index is 5.79. The Bertz CT molecular complexity index is 685. The molecule has 4 heteroatoms. The van der Waals surface area contributed by atoms with Gasteiger partial charge in [-0.1, -0.05) is 24.3 Å². The number of fused-ring (bicyclic) bond motifs is 1. The number of aromatic nitrogens is 3. The fraction of sp³-hybridized carbons (Fsp3) is 0.0769. The molecule has 0 atom stereocenters. The number of nitrogens with two attached hydrogens (primary N) is 1. The van der Waals surface area contributed by atoms with Crippen LogP contribution in [-0.4, -0.2) is 14.4 Å². The van der Waals surface area contributed by atoms with Gasteiger partial charge in [-0.05, 0) is 12.5 Å². The molecule has 0 fully saturated rings. The lowest BCUT2D eigenvalue weighted by molar-refractivity contribution is 1.13. The maximum Gasteiger partial charge on any atom is 0.180 e. The quantitative estimate of drug-likeness (QED) is 0.690. The predicted molar refractivity (Wildman–Crippen MR) is 67.6 cm³/mol. The van der Waals surface area contributed by atoms with Crippen molar-refractivity contribution >= 4 is 11.5 Å². The Labute approximate surface area is 98.8 Å². The molecule has 0 aliphatic carbocycles. The van der Waals surface area contributed by atoms with E-state index in [1.54, 1.807) is 6.20 Å². The number of benzene rings is 1. The van der Waals surface area contributed by atoms with Gasteiger partial charge in [-0.15, -0.1) is 0 Å². The Balaban J connectivity index is 2.26. The van der Waals surface area contributed by atoms with Gasteiger partial charge in [0.2, 0.25) is 0 Å². The Hall–Kier alpha value is -2.36. The summed E-state index contributed by atoms with van der Waals surface area (Å²) in [6.07, 6.45) is 5.49. The van der Waals surface area contributed by atoms with Crippen LogP contribution in [0.2, 0.25) is 0 Å². The molecule has 1 aromatic carbocycles. The first-order chi connectivity index (χ1) is 8.25. The van der Waals surface area contributed by atoms with E-state index in [1.807, 2.05) is 28.9 Å². The molecular weight excluding hydrogens is 212 g/mol. The third-order valence-corrected chi connectivity index (χ3v) is 2.82. The summed E-state index contributed by atoms with van der Waals surface area (Å²) in [5.74, 6) is 0.451. The number of hydrogen-bond acceptors (Lipinski definition) is 3. The van der Waals surface area contributed by atoms with Crippen LogP contribution in [0.1, 0.15) is 5.56 Å². The van der Waals surface area contributed by atoms with E-state index < -0.39 is 0 Å². The number of rotatable bonds is 1. The van der Waals surface area contributed by atoms with Crippen molar-refractivity contribution in [1.82, 2.24) is 14.4 Å². The topological polar surface area (TPSA) is 56.2 Å². The largest absolute Gasteiger partial charge is 0.381 e. The van der Waals surface area contributed by atoms with Crippen molar-refractivity contribution in [2.24, 2.45) is 0 Å². The molecule has 84 valence electrons. The summed E-state index contributed by atoms with van der Waals surface area (Å²) in [6.45, 7) is 2.07. The minimum Gasteiger partial charge on any atom is -0.381 e. The van der Waals surface area contributed by atoms with E-state index in [0.717, 1.165) is 11.3 Å². The normalized spacial score (nSPS) is 10.9. The van der Waals surface area contributed by atoms with Crippen LogP contribution in [0.3, 0.4) is 0 Å². The van der Waals surface area contributed by atoms with Crippen LogP contribution in [0.25, 0.3) is 16.9 Å². The molecule has 0 spiro atoms. The number of hydrogen-bond donors (Lipinski definition) is 1. The van der Waals surface area contributed by atoms with Crippen molar-refractivity contribution in [2.75, 3.05) is 5.73 Å². The van der Waals surface area contributed by atoms with Gasteiger partial charge < -0.3 is 10.1 Å². The molecule has 0 aliphatic rings. The van der Waals surface area contributed by atoms with Crippen molar-refractivity contribution in [3.8, 4) is 11.3 Å². The van der Waals surface area contributed by atoms with Crippen LogP contribution in [0.5, 0.6) is 0 Å². The fourth-order valence-corrected chi connectivity index (χ4v) is 1.93. The SMILES string of the molecule is Cc1ccccc1-c1cn2ccnc(N)c2n1. The van der Waals surface area contributed by atoms with Crippen LogP contribution in [-0.2, 0) is 0 Å². The molecule has 0 saturated heterocycles. The van der Waals surface area contributed by atoms with E-state index in [0.29, 0.717) is 11.5 Å². The highest BCUT2D eigenvalue weighted by atomic mass is 15.1. The van der Waals surface area contributed by atoms with Crippen molar-refractivity contribution in [2.45, 2.75) is 6.92 Å². The third-order valence-electron chi connectivity index (χ3n) is 2.82. The summed E-state index contributed by atoms with van der Waals surface area (Å²) in [4.78, 5) is 8.55. The molecular formula is C13H12N4. The first-order valence-corrected chi connectivity index (χ1v) is 5.41. The molecule has 17 heavy (non-hydrogen) atoms. The molecule has 2 heterocycles. The van der Waals surface area contributed by atoms with Crippen LogP contribution in [0, 0.1) is 6.92 Å². The highest BCUT2D eigenvalue weighted by Crippen LogP contribution is 2.23. The van der Waals surface area contributed by atoms with Crippen LogP contribution < -0.4 is 5.73 Å². The van der Waals surface area contributed by atoms with Gasteiger partial charge in [0.05, 0.1) is 5.69 Å². The lowest BCUT2D eigenvalue weighted by atomic mass is 10.1. The lowest BCUT2D eigenvalue weighted by Gasteiger charge is -1.99. The minimum absolute atomic E-state index is 0.451. The molecule has 0 bridgehead atoms. The minimum atomic E-state index is 0.451. The Morgan fingerprint density at radius 1 is 1.24 bits per heavy atom. The van der Waals surface area contributed by atoms with E-state index >= 15 is 0 Å². The van der Waals surface area contributed by atoms with Gasteiger partial charge in [-0.3, -0.25) is 0 Å². The van der Waals surface area contributed by atoms with Gasteiger partial charge in [-0.2, -0.15) is 0 Å². The summed E-state index contributed by atoms with van der Waals surface area (Å²) >= 11 is 0. The second kappa shape index (κ2) is 3.59. The number of nitrogen functional groups attached to an aromatic ring is 1. The van der Waals surface area contributed by atoms with E-state index in [4.69, 9.17) is 5.73 Å². The molecule has 0 amide bonds. The molecule has 2 N–H and O–H groups in total. The Kier molecular flexibility index (Phi) is 2.08. The van der Waals surface area contributed by atoms with Crippen LogP contribution in [0.4, 0.5) is 5.82 Å². The van der Waals surface area contributed by atoms with Gasteiger partial charge in [0, 0.05) is 24.2 Å². The number of nitrogens with zero attached hydrogens (tertiary/aromatic N) is 3. The van der Waals surface area contributed by atoms with Gasteiger partial charge in [0.15, 0.2) is 11.5 Å². The maximum absolute atomic E-state index is 5.79. The highest BCUT2D eigenvalue weighted by molar-refractivity contribution is 5.70. The second-order valence-electron chi connectivity index (χ2n) is 3.98. The molecule has 0 aliphatic heterocycles. The molecule has 0 unspecified atom stereocenters. The summed E-state index contributed by atoms with van der Waals surface area (Å²) < 4.78 is 1.89. The Morgan fingerprint density at radius 3 is 2.82 bits per heavy atom. The standard InChI is InChI=1S/C13H12N4/c1-9-4-2-3-5-10(9)11-8-17-7-6-15-12(14)13(17)16-11/h2-8H,1H3,(H2,14,15). The van der Waals surface area contributed by atoms with Crippen molar-refractivity contribution in [3.63, 3.8) is 0 Å².